The molecule has 1 heterocycles. The molecule has 0 amide bonds. The maximum atomic E-state index is 12.3. The molecule has 1 aromatic rings. The minimum atomic E-state index is 0.0779. The van der Waals surface area contributed by atoms with E-state index >= 15 is 0 Å². The molecular weight excluding hydrogens is 274 g/mol. The lowest BCUT2D eigenvalue weighted by Gasteiger charge is -2.18. The Labute approximate surface area is 123 Å². The summed E-state index contributed by atoms with van der Waals surface area (Å²) in [6.45, 7) is 2.52. The van der Waals surface area contributed by atoms with Crippen LogP contribution in [-0.4, -0.2) is 41.9 Å². The topological polar surface area (TPSA) is 49.8 Å². The number of hydrogen-bond acceptors (Lipinski definition) is 5. The number of nitrogens with zero attached hydrogens (tertiary/aromatic N) is 1. The molecule has 0 aliphatic carbocycles. The zero-order valence-corrected chi connectivity index (χ0v) is 12.6. The number of thioether (sulfide) groups is 1. The Morgan fingerprint density at radius 2 is 2.30 bits per heavy atom. The number of rotatable bonds is 6. The third-order valence-corrected chi connectivity index (χ3v) is 4.63. The number of benzene rings is 1. The van der Waals surface area contributed by atoms with E-state index in [0.717, 1.165) is 11.6 Å². The van der Waals surface area contributed by atoms with Gasteiger partial charge in [0.1, 0.15) is 5.75 Å². The highest BCUT2D eigenvalue weighted by Crippen LogP contribution is 2.33. The summed E-state index contributed by atoms with van der Waals surface area (Å²) >= 11 is 1.70. The van der Waals surface area contributed by atoms with Crippen molar-refractivity contribution in [3.05, 3.63) is 40.4 Å². The van der Waals surface area contributed by atoms with E-state index in [1.54, 1.807) is 24.9 Å². The highest BCUT2D eigenvalue weighted by atomic mass is 32.2. The van der Waals surface area contributed by atoms with E-state index in [1.807, 2.05) is 25.1 Å². The molecule has 108 valence electrons. The summed E-state index contributed by atoms with van der Waals surface area (Å²) < 4.78 is 5.14. The van der Waals surface area contributed by atoms with Crippen LogP contribution < -0.4 is 4.74 Å². The van der Waals surface area contributed by atoms with Gasteiger partial charge in [-0.2, -0.15) is 0 Å². The number of ketones is 1. The number of carbonyl (C=O) groups excluding carboxylic acids is 1. The molecule has 0 atom stereocenters. The van der Waals surface area contributed by atoms with Gasteiger partial charge in [0, 0.05) is 29.2 Å². The summed E-state index contributed by atoms with van der Waals surface area (Å²) in [5.74, 6) is 1.55. The fraction of sp³-hybridized carbons (Fsp3) is 0.400. The molecular formula is C15H19NO3S. The maximum absolute atomic E-state index is 12.3. The number of methoxy groups -OCH3 is 1. The molecule has 5 heteroatoms. The number of aliphatic hydroxyl groups excluding tert-OH is 1. The molecule has 20 heavy (non-hydrogen) atoms. The number of ether oxygens (including phenoxy) is 1. The molecule has 4 nitrogen and oxygen atoms in total. The van der Waals surface area contributed by atoms with Crippen LogP contribution in [0.4, 0.5) is 0 Å². The van der Waals surface area contributed by atoms with Crippen LogP contribution in [0.5, 0.6) is 5.75 Å². The van der Waals surface area contributed by atoms with Crippen LogP contribution in [0, 0.1) is 0 Å². The monoisotopic (exact) mass is 293 g/mol. The SMILES string of the molecule is COc1cccc(C(=O)CN2CSC(CCO)=C2C)c1. The second-order valence-electron chi connectivity index (χ2n) is 4.61. The van der Waals surface area contributed by atoms with E-state index in [4.69, 9.17) is 9.84 Å². The summed E-state index contributed by atoms with van der Waals surface area (Å²) in [5, 5.41) is 9.00. The van der Waals surface area contributed by atoms with Gasteiger partial charge in [0.05, 0.1) is 19.5 Å². The predicted octanol–water partition coefficient (Wildman–Crippen LogP) is 2.50. The van der Waals surface area contributed by atoms with Crippen LogP contribution in [0.2, 0.25) is 0 Å². The third-order valence-electron chi connectivity index (χ3n) is 3.34. The van der Waals surface area contributed by atoms with Crippen molar-refractivity contribution in [2.75, 3.05) is 26.1 Å². The van der Waals surface area contributed by atoms with Gasteiger partial charge in [-0.1, -0.05) is 12.1 Å². The average Bonchev–Trinajstić information content (AvgIpc) is 2.81. The minimum Gasteiger partial charge on any atom is -0.497 e. The van der Waals surface area contributed by atoms with Crippen molar-refractivity contribution < 1.29 is 14.6 Å². The molecule has 1 aliphatic heterocycles. The highest BCUT2D eigenvalue weighted by molar-refractivity contribution is 8.03. The van der Waals surface area contributed by atoms with Crippen molar-refractivity contribution in [3.8, 4) is 5.75 Å². The quantitative estimate of drug-likeness (QED) is 0.817. The molecule has 0 unspecified atom stereocenters. The van der Waals surface area contributed by atoms with Crippen LogP contribution in [-0.2, 0) is 0 Å². The molecule has 0 fully saturated rings. The van der Waals surface area contributed by atoms with Gasteiger partial charge in [0.15, 0.2) is 5.78 Å². The first-order valence-corrected chi connectivity index (χ1v) is 7.50. The van der Waals surface area contributed by atoms with E-state index in [-0.39, 0.29) is 12.4 Å². The van der Waals surface area contributed by atoms with Gasteiger partial charge in [-0.15, -0.1) is 11.8 Å². The minimum absolute atomic E-state index is 0.0779. The van der Waals surface area contributed by atoms with Crippen molar-refractivity contribution in [2.45, 2.75) is 13.3 Å². The van der Waals surface area contributed by atoms with E-state index in [2.05, 4.69) is 4.90 Å². The number of aliphatic hydroxyl groups is 1. The summed E-state index contributed by atoms with van der Waals surface area (Å²) in [6.07, 6.45) is 0.667. The van der Waals surface area contributed by atoms with Gasteiger partial charge < -0.3 is 14.7 Å². The van der Waals surface area contributed by atoms with E-state index in [0.29, 0.717) is 24.3 Å². The smallest absolute Gasteiger partial charge is 0.182 e. The first-order valence-electron chi connectivity index (χ1n) is 6.51. The second kappa shape index (κ2) is 6.81. The third kappa shape index (κ3) is 3.35. The molecule has 0 saturated carbocycles. The molecule has 0 radical (unpaired) electrons. The molecule has 1 aliphatic rings. The van der Waals surface area contributed by atoms with Crippen LogP contribution in [0.15, 0.2) is 34.9 Å². The zero-order chi connectivity index (χ0) is 14.5. The lowest BCUT2D eigenvalue weighted by molar-refractivity contribution is 0.0958. The molecule has 1 N–H and O–H groups in total. The van der Waals surface area contributed by atoms with Gasteiger partial charge in [-0.3, -0.25) is 4.79 Å². The average molecular weight is 293 g/mol. The van der Waals surface area contributed by atoms with Crippen molar-refractivity contribution >= 4 is 17.5 Å². The Morgan fingerprint density at radius 1 is 1.50 bits per heavy atom. The zero-order valence-electron chi connectivity index (χ0n) is 11.8. The first-order chi connectivity index (χ1) is 9.65. The molecule has 1 aromatic carbocycles. The van der Waals surface area contributed by atoms with Crippen molar-refractivity contribution in [1.29, 1.82) is 0 Å². The molecule has 0 bridgehead atoms. The standard InChI is InChI=1S/C15H19NO3S/c1-11-15(6-7-17)20-10-16(11)9-14(18)12-4-3-5-13(8-12)19-2/h3-5,8,17H,6-7,9-10H2,1-2H3. The summed E-state index contributed by atoms with van der Waals surface area (Å²) in [4.78, 5) is 15.5. The number of hydrogen-bond donors (Lipinski definition) is 1. The van der Waals surface area contributed by atoms with Crippen LogP contribution in [0.3, 0.4) is 0 Å². The Balaban J connectivity index is 2.05. The van der Waals surface area contributed by atoms with Crippen LogP contribution >= 0.6 is 11.8 Å². The summed E-state index contributed by atoms with van der Waals surface area (Å²) in [5.41, 5.74) is 1.76. The van der Waals surface area contributed by atoms with Gasteiger partial charge in [-0.25, -0.2) is 0 Å². The van der Waals surface area contributed by atoms with Crippen molar-refractivity contribution in [2.24, 2.45) is 0 Å². The molecule has 0 aromatic heterocycles. The summed E-state index contributed by atoms with van der Waals surface area (Å²) in [7, 11) is 1.59. The Morgan fingerprint density at radius 3 is 3.00 bits per heavy atom. The number of allylic oxidation sites excluding steroid dienone is 1. The lowest BCUT2D eigenvalue weighted by Crippen LogP contribution is -2.25. The van der Waals surface area contributed by atoms with Crippen molar-refractivity contribution in [1.82, 2.24) is 4.90 Å². The van der Waals surface area contributed by atoms with Gasteiger partial charge in [0.25, 0.3) is 0 Å². The maximum Gasteiger partial charge on any atom is 0.182 e. The second-order valence-corrected chi connectivity index (χ2v) is 5.65. The Kier molecular flexibility index (Phi) is 5.09. The normalized spacial score (nSPS) is 14.8. The van der Waals surface area contributed by atoms with Gasteiger partial charge >= 0.3 is 0 Å². The Hall–Kier alpha value is -1.46. The molecule has 0 saturated heterocycles. The number of Topliss-reactive ketones (excluding diaryl/α,β-unsaturated/α-hetero) is 1. The highest BCUT2D eigenvalue weighted by Gasteiger charge is 2.21. The molecule has 0 spiro atoms. The van der Waals surface area contributed by atoms with Gasteiger partial charge in [0.2, 0.25) is 0 Å². The van der Waals surface area contributed by atoms with E-state index in [1.165, 1.54) is 4.91 Å². The van der Waals surface area contributed by atoms with Gasteiger partial charge in [-0.05, 0) is 19.1 Å². The first kappa shape index (κ1) is 14.9. The fourth-order valence-corrected chi connectivity index (χ4v) is 3.28. The lowest BCUT2D eigenvalue weighted by atomic mass is 10.1. The van der Waals surface area contributed by atoms with Crippen LogP contribution in [0.25, 0.3) is 0 Å². The number of carbonyl (C=O) groups is 1. The van der Waals surface area contributed by atoms with E-state index in [9.17, 15) is 4.79 Å². The van der Waals surface area contributed by atoms with Crippen LogP contribution in [0.1, 0.15) is 23.7 Å². The largest absolute Gasteiger partial charge is 0.497 e. The predicted molar refractivity (Wildman–Crippen MR) is 80.9 cm³/mol. The fourth-order valence-electron chi connectivity index (χ4n) is 2.11. The molecule has 2 rings (SSSR count). The van der Waals surface area contributed by atoms with Crippen molar-refractivity contribution in [3.63, 3.8) is 0 Å². The Bertz CT molecular complexity index is 528. The summed E-state index contributed by atoms with van der Waals surface area (Å²) in [6, 6.07) is 7.22. The van der Waals surface area contributed by atoms with E-state index < -0.39 is 0 Å².